The predicted octanol–water partition coefficient (Wildman–Crippen LogP) is 3.20. The monoisotopic (exact) mass is 490 g/mol. The summed E-state index contributed by atoms with van der Waals surface area (Å²) < 4.78 is 28.4. The van der Waals surface area contributed by atoms with E-state index in [1.54, 1.807) is 7.05 Å². The molecule has 0 aliphatic carbocycles. The Hall–Kier alpha value is -3.60. The fourth-order valence-corrected chi connectivity index (χ4v) is 4.69. The average Bonchev–Trinajstić information content (AvgIpc) is 3.25. The molecular formula is C25H24N5O4S-. The second kappa shape index (κ2) is 9.57. The molecule has 0 radical (unpaired) electrons. The second-order valence-corrected chi connectivity index (χ2v) is 9.54. The molecule has 0 amide bonds. The summed E-state index contributed by atoms with van der Waals surface area (Å²) in [5.74, 6) is 0.111. The first kappa shape index (κ1) is 23.2. The van der Waals surface area contributed by atoms with E-state index >= 15 is 0 Å². The molecule has 1 aliphatic rings. The number of methoxy groups -OCH3 is 1. The summed E-state index contributed by atoms with van der Waals surface area (Å²) in [6.45, 7) is 1.73. The SMILES string of the molecule is COC(=O)c1cnc(N2CCc3[nH]c4ccc(-c5cccc(CN(C)S(=O)[O-])c5)cc4c3C2)nc1. The van der Waals surface area contributed by atoms with Crippen LogP contribution in [0.5, 0.6) is 0 Å². The van der Waals surface area contributed by atoms with Crippen molar-refractivity contribution in [2.24, 2.45) is 0 Å². The molecule has 3 heterocycles. The Labute approximate surface area is 205 Å². The number of anilines is 1. The van der Waals surface area contributed by atoms with Crippen LogP contribution >= 0.6 is 0 Å². The van der Waals surface area contributed by atoms with E-state index in [4.69, 9.17) is 4.74 Å². The summed E-state index contributed by atoms with van der Waals surface area (Å²) in [6, 6.07) is 14.2. The summed E-state index contributed by atoms with van der Waals surface area (Å²) >= 11 is -2.26. The summed E-state index contributed by atoms with van der Waals surface area (Å²) in [4.78, 5) is 26.1. The van der Waals surface area contributed by atoms with Crippen molar-refractivity contribution in [3.63, 3.8) is 0 Å². The third kappa shape index (κ3) is 4.68. The van der Waals surface area contributed by atoms with Gasteiger partial charge in [0, 0.05) is 71.9 Å². The number of hydrogen-bond acceptors (Lipinski definition) is 7. The van der Waals surface area contributed by atoms with Gasteiger partial charge in [-0.05, 0) is 41.9 Å². The zero-order valence-corrected chi connectivity index (χ0v) is 20.2. The largest absolute Gasteiger partial charge is 0.760 e. The first-order chi connectivity index (χ1) is 16.9. The van der Waals surface area contributed by atoms with Gasteiger partial charge in [0.15, 0.2) is 0 Å². The molecule has 2 aromatic carbocycles. The maximum absolute atomic E-state index is 11.7. The van der Waals surface area contributed by atoms with Crippen molar-refractivity contribution in [2.75, 3.05) is 25.6 Å². The lowest BCUT2D eigenvalue weighted by atomic mass is 9.99. The lowest BCUT2D eigenvalue weighted by Gasteiger charge is -2.27. The maximum atomic E-state index is 11.7. The van der Waals surface area contributed by atoms with E-state index in [-0.39, 0.29) is 0 Å². The van der Waals surface area contributed by atoms with Gasteiger partial charge in [0.2, 0.25) is 5.95 Å². The molecule has 0 saturated carbocycles. The number of nitrogens with one attached hydrogen (secondary N) is 1. The quantitative estimate of drug-likeness (QED) is 0.326. The number of aromatic nitrogens is 3. The zero-order chi connectivity index (χ0) is 24.5. The summed E-state index contributed by atoms with van der Waals surface area (Å²) in [7, 11) is 2.88. The molecule has 1 N–H and O–H groups in total. The number of carbonyl (C=O) groups excluding carboxylic acids is 1. The highest BCUT2D eigenvalue weighted by Gasteiger charge is 2.23. The summed E-state index contributed by atoms with van der Waals surface area (Å²) in [5, 5.41) is 1.14. The molecule has 0 spiro atoms. The first-order valence-electron chi connectivity index (χ1n) is 11.1. The Morgan fingerprint density at radius 3 is 2.71 bits per heavy atom. The van der Waals surface area contributed by atoms with Gasteiger partial charge in [-0.25, -0.2) is 19.1 Å². The smallest absolute Gasteiger partial charge is 0.341 e. The Morgan fingerprint density at radius 2 is 1.97 bits per heavy atom. The van der Waals surface area contributed by atoms with Crippen LogP contribution in [-0.2, 0) is 35.5 Å². The van der Waals surface area contributed by atoms with Gasteiger partial charge in [0.25, 0.3) is 0 Å². The van der Waals surface area contributed by atoms with Crippen LogP contribution in [0.1, 0.15) is 27.2 Å². The van der Waals surface area contributed by atoms with Crippen molar-refractivity contribution in [1.29, 1.82) is 0 Å². The number of hydrogen-bond donors (Lipinski definition) is 1. The minimum atomic E-state index is -2.26. The maximum Gasteiger partial charge on any atom is 0.341 e. The van der Waals surface area contributed by atoms with E-state index in [0.717, 1.165) is 40.6 Å². The van der Waals surface area contributed by atoms with Gasteiger partial charge in [-0.2, -0.15) is 0 Å². The van der Waals surface area contributed by atoms with Crippen LogP contribution in [0.3, 0.4) is 0 Å². The van der Waals surface area contributed by atoms with Gasteiger partial charge in [-0.15, -0.1) is 0 Å². The highest BCUT2D eigenvalue weighted by molar-refractivity contribution is 7.76. The minimum Gasteiger partial charge on any atom is -0.760 e. The van der Waals surface area contributed by atoms with E-state index in [2.05, 4.69) is 38.1 Å². The van der Waals surface area contributed by atoms with Gasteiger partial charge in [0.1, 0.15) is 0 Å². The van der Waals surface area contributed by atoms with Crippen LogP contribution < -0.4 is 4.90 Å². The summed E-state index contributed by atoms with van der Waals surface area (Å²) in [5.41, 5.74) is 6.80. The normalized spacial score (nSPS) is 14.2. The number of fused-ring (bicyclic) bond motifs is 3. The van der Waals surface area contributed by atoms with Gasteiger partial charge in [0.05, 0.1) is 12.7 Å². The van der Waals surface area contributed by atoms with Crippen LogP contribution in [0, 0.1) is 0 Å². The lowest BCUT2D eigenvalue weighted by Crippen LogP contribution is -2.31. The third-order valence-corrected chi connectivity index (χ3v) is 6.88. The molecule has 9 nitrogen and oxygen atoms in total. The molecule has 0 bridgehead atoms. The van der Waals surface area contributed by atoms with E-state index in [9.17, 15) is 13.6 Å². The van der Waals surface area contributed by atoms with Crippen molar-refractivity contribution < 1.29 is 18.3 Å². The zero-order valence-electron chi connectivity index (χ0n) is 19.4. The first-order valence-corrected chi connectivity index (χ1v) is 12.1. The van der Waals surface area contributed by atoms with Crippen molar-refractivity contribution in [1.82, 2.24) is 19.3 Å². The van der Waals surface area contributed by atoms with Crippen LogP contribution in [0.2, 0.25) is 0 Å². The fraction of sp³-hybridized carbons (Fsp3) is 0.240. The standard InChI is InChI=1S/C25H25N5O4S/c1-29(35(32)33)14-16-4-3-5-17(10-16)18-6-7-22-20(11-18)21-15-30(9-8-23(21)28-22)25-26-12-19(13-27-25)24(31)34-2/h3-7,10-13,28H,8-9,14-15H2,1-2H3,(H,32,33)/p-1. The van der Waals surface area contributed by atoms with Gasteiger partial charge in [-0.1, -0.05) is 24.3 Å². The Bertz CT molecular complexity index is 1420. The van der Waals surface area contributed by atoms with E-state index in [0.29, 0.717) is 24.6 Å². The minimum absolute atomic E-state index is 0.315. The van der Waals surface area contributed by atoms with Crippen molar-refractivity contribution in [3.05, 3.63) is 77.2 Å². The number of nitrogens with zero attached hydrogens (tertiary/aromatic N) is 4. The number of aromatic amines is 1. The molecule has 35 heavy (non-hydrogen) atoms. The van der Waals surface area contributed by atoms with E-state index in [1.807, 2.05) is 24.3 Å². The molecule has 2 aromatic heterocycles. The Kier molecular flexibility index (Phi) is 6.33. The molecule has 1 aliphatic heterocycles. The summed E-state index contributed by atoms with van der Waals surface area (Å²) in [6.07, 6.45) is 3.81. The van der Waals surface area contributed by atoms with Crippen LogP contribution in [0.25, 0.3) is 22.0 Å². The molecule has 0 fully saturated rings. The number of benzene rings is 2. The molecule has 4 aromatic rings. The molecule has 1 atom stereocenters. The van der Waals surface area contributed by atoms with Crippen molar-refractivity contribution >= 4 is 34.1 Å². The van der Waals surface area contributed by atoms with E-state index < -0.39 is 17.2 Å². The Balaban J connectivity index is 1.43. The topological polar surface area (TPSA) is 114 Å². The lowest BCUT2D eigenvalue weighted by molar-refractivity contribution is 0.0599. The number of carbonyl (C=O) groups is 1. The highest BCUT2D eigenvalue weighted by atomic mass is 32.2. The predicted molar refractivity (Wildman–Crippen MR) is 132 cm³/mol. The highest BCUT2D eigenvalue weighted by Crippen LogP contribution is 2.32. The molecule has 0 saturated heterocycles. The van der Waals surface area contributed by atoms with Gasteiger partial charge >= 0.3 is 5.97 Å². The molecule has 5 rings (SSSR count). The van der Waals surface area contributed by atoms with Gasteiger partial charge in [-0.3, -0.25) is 4.21 Å². The van der Waals surface area contributed by atoms with Gasteiger partial charge < -0.3 is 19.2 Å². The van der Waals surface area contributed by atoms with Crippen LogP contribution in [0.15, 0.2) is 54.9 Å². The van der Waals surface area contributed by atoms with Crippen LogP contribution in [-0.4, -0.2) is 54.7 Å². The number of ether oxygens (including phenoxy) is 1. The fourth-order valence-electron chi connectivity index (χ4n) is 4.43. The second-order valence-electron chi connectivity index (χ2n) is 8.48. The number of esters is 1. The number of rotatable bonds is 6. The Morgan fingerprint density at radius 1 is 1.20 bits per heavy atom. The van der Waals surface area contributed by atoms with Crippen molar-refractivity contribution in [3.8, 4) is 11.1 Å². The third-order valence-electron chi connectivity index (χ3n) is 6.24. The van der Waals surface area contributed by atoms with Crippen LogP contribution in [0.4, 0.5) is 5.95 Å². The molecule has 1 unspecified atom stereocenters. The molecule has 10 heteroatoms. The molecule has 180 valence electrons. The average molecular weight is 491 g/mol. The van der Waals surface area contributed by atoms with Crippen molar-refractivity contribution in [2.45, 2.75) is 19.5 Å². The number of H-pyrrole nitrogens is 1. The molecular weight excluding hydrogens is 466 g/mol. The van der Waals surface area contributed by atoms with E-state index in [1.165, 1.54) is 35.1 Å².